The molecule has 9 nitrogen and oxygen atoms in total. The first-order valence-corrected chi connectivity index (χ1v) is 23.3. The van der Waals surface area contributed by atoms with Crippen LogP contribution in [0.3, 0.4) is 0 Å². The van der Waals surface area contributed by atoms with Crippen LogP contribution >= 0.6 is 0 Å². The third-order valence-corrected chi connectivity index (χ3v) is 19.4. The monoisotopic (exact) mass is 820 g/mol. The van der Waals surface area contributed by atoms with Crippen LogP contribution in [0.1, 0.15) is 151 Å². The van der Waals surface area contributed by atoms with Crippen molar-refractivity contribution in [1.29, 1.82) is 0 Å². The number of rotatable bonds is 7. The Hall–Kier alpha value is -3.75. The molecule has 1 saturated heterocycles. The van der Waals surface area contributed by atoms with Gasteiger partial charge in [0.25, 0.3) is 0 Å². The van der Waals surface area contributed by atoms with Crippen LogP contribution in [-0.4, -0.2) is 56.3 Å². The third-order valence-electron chi connectivity index (χ3n) is 19.4. The molecule has 1 aromatic heterocycles. The molecule has 0 radical (unpaired) electrons. The van der Waals surface area contributed by atoms with Gasteiger partial charge >= 0.3 is 11.9 Å². The molecule has 324 valence electrons. The van der Waals surface area contributed by atoms with Crippen molar-refractivity contribution in [3.63, 3.8) is 0 Å². The van der Waals surface area contributed by atoms with Gasteiger partial charge in [-0.05, 0) is 133 Å². The fourth-order valence-electron chi connectivity index (χ4n) is 15.9. The number of nitrogens with one attached hydrogen (secondary N) is 1. The predicted molar refractivity (Wildman–Crippen MR) is 230 cm³/mol. The Morgan fingerprint density at radius 1 is 0.850 bits per heavy atom. The van der Waals surface area contributed by atoms with Crippen molar-refractivity contribution in [2.75, 3.05) is 6.54 Å². The zero-order chi connectivity index (χ0) is 42.9. The summed E-state index contributed by atoms with van der Waals surface area (Å²) in [5, 5.41) is 9.70. The zero-order valence-corrected chi connectivity index (χ0v) is 37.7. The number of ketones is 1. The number of hydrogen-bond acceptors (Lipinski definition) is 6. The molecule has 0 unspecified atom stereocenters. The summed E-state index contributed by atoms with van der Waals surface area (Å²) in [7, 11) is 0. The zero-order valence-electron chi connectivity index (χ0n) is 37.7. The van der Waals surface area contributed by atoms with Crippen molar-refractivity contribution in [3.05, 3.63) is 53.5 Å². The van der Waals surface area contributed by atoms with Crippen molar-refractivity contribution in [1.82, 2.24) is 14.9 Å². The summed E-state index contributed by atoms with van der Waals surface area (Å²) in [6, 6.07) is 10.1. The van der Waals surface area contributed by atoms with Crippen molar-refractivity contribution in [2.24, 2.45) is 68.0 Å². The summed E-state index contributed by atoms with van der Waals surface area (Å²) >= 11 is 0. The fourth-order valence-corrected chi connectivity index (χ4v) is 15.9. The number of esters is 1. The standard InChI is InChI=1S/C51H69N3O6/c1-29(2)40-36(55)27-51(45(59)54-25-13-16-35(54)42-52-28-34(53-42)30-14-11-10-12-15-30)24-23-49(8)31(41(40)51)17-18-38-48(7)21-20-39(47(5,6)37(48)19-22-50(38,49)9)60-44(58)33-26-32(43(56)57)46(33,3)4/h10-12,14-15,28-29,31-33,35,37-39H,13,16-27H2,1-9H3,(H,52,53)(H,56,57)/t31-,32+,33-,35+,37+,38-,39+,48+,49-,50-,51-/m1/s1. The van der Waals surface area contributed by atoms with E-state index < -0.39 is 22.7 Å². The number of likely N-dealkylation sites (tertiary alicyclic amines) is 1. The van der Waals surface area contributed by atoms with E-state index in [1.165, 1.54) is 5.57 Å². The number of allylic oxidation sites excluding steroid dienone is 1. The highest BCUT2D eigenvalue weighted by molar-refractivity contribution is 6.07. The lowest BCUT2D eigenvalue weighted by Crippen LogP contribution is -2.66. The quantitative estimate of drug-likeness (QED) is 0.266. The van der Waals surface area contributed by atoms with E-state index in [9.17, 15) is 19.5 Å². The van der Waals surface area contributed by atoms with E-state index in [4.69, 9.17) is 9.72 Å². The van der Waals surface area contributed by atoms with E-state index >= 15 is 4.79 Å². The third kappa shape index (κ3) is 5.63. The van der Waals surface area contributed by atoms with Gasteiger partial charge in [-0.2, -0.15) is 0 Å². The maximum Gasteiger partial charge on any atom is 0.309 e. The molecule has 9 heteroatoms. The van der Waals surface area contributed by atoms with E-state index in [0.29, 0.717) is 37.6 Å². The minimum Gasteiger partial charge on any atom is -0.481 e. The van der Waals surface area contributed by atoms with Gasteiger partial charge in [-0.1, -0.05) is 92.6 Å². The normalized spacial score (nSPS) is 40.3. The number of carbonyl (C=O) groups excluding carboxylic acids is 3. The first-order valence-electron chi connectivity index (χ1n) is 23.3. The van der Waals surface area contributed by atoms with Crippen molar-refractivity contribution in [3.8, 4) is 11.3 Å². The summed E-state index contributed by atoms with van der Waals surface area (Å²) < 4.78 is 6.45. The number of aromatic amines is 1. The number of H-pyrrole nitrogens is 1. The number of aliphatic carboxylic acids is 1. The predicted octanol–water partition coefficient (Wildman–Crippen LogP) is 10.4. The molecule has 6 fully saturated rings. The van der Waals surface area contributed by atoms with Gasteiger partial charge in [-0.25, -0.2) is 4.98 Å². The fraction of sp³-hybridized carbons (Fsp3) is 0.706. The van der Waals surface area contributed by atoms with Gasteiger partial charge in [-0.15, -0.1) is 0 Å². The second-order valence-corrected chi connectivity index (χ2v) is 22.8. The van der Waals surface area contributed by atoms with Gasteiger partial charge < -0.3 is 19.7 Å². The Kier molecular flexibility index (Phi) is 9.62. The van der Waals surface area contributed by atoms with E-state index in [1.54, 1.807) is 0 Å². The van der Waals surface area contributed by atoms with Crippen molar-refractivity contribution >= 4 is 23.6 Å². The Morgan fingerprint density at radius 3 is 2.27 bits per heavy atom. The molecule has 6 aliphatic carbocycles. The van der Waals surface area contributed by atoms with E-state index in [2.05, 4.69) is 70.5 Å². The molecule has 11 atom stereocenters. The molecule has 5 saturated carbocycles. The number of nitrogens with zero attached hydrogens (tertiary/aromatic N) is 2. The molecule has 1 aliphatic heterocycles. The molecule has 2 N–H and O–H groups in total. The lowest BCUT2D eigenvalue weighted by atomic mass is 9.33. The Bertz CT molecular complexity index is 2130. The number of benzene rings is 1. The number of carboxylic acid groups (broad SMARTS) is 1. The number of carboxylic acids is 1. The molecule has 2 aromatic rings. The summed E-state index contributed by atoms with van der Waals surface area (Å²) in [6.45, 7) is 21.0. The number of carbonyl (C=O) groups is 4. The molecular formula is C51H69N3O6. The first-order chi connectivity index (χ1) is 28.2. The van der Waals surface area contributed by atoms with Crippen LogP contribution in [0.5, 0.6) is 0 Å². The average Bonchev–Trinajstić information content (AvgIpc) is 3.94. The minimum absolute atomic E-state index is 0.0106. The summed E-state index contributed by atoms with van der Waals surface area (Å²) in [6.07, 6.45) is 11.7. The van der Waals surface area contributed by atoms with Crippen LogP contribution < -0.4 is 0 Å². The van der Waals surface area contributed by atoms with Gasteiger partial charge in [0.05, 0.1) is 35.2 Å². The topological polar surface area (TPSA) is 130 Å². The smallest absolute Gasteiger partial charge is 0.309 e. The molecule has 0 spiro atoms. The van der Waals surface area contributed by atoms with Crippen LogP contribution in [0.4, 0.5) is 0 Å². The van der Waals surface area contributed by atoms with E-state index in [-0.39, 0.29) is 69.2 Å². The van der Waals surface area contributed by atoms with Crippen LogP contribution in [0, 0.1) is 68.0 Å². The average molecular weight is 820 g/mol. The number of ether oxygens (including phenoxy) is 1. The molecule has 1 amide bonds. The maximum absolute atomic E-state index is 15.5. The van der Waals surface area contributed by atoms with Crippen LogP contribution in [-0.2, 0) is 23.9 Å². The largest absolute Gasteiger partial charge is 0.481 e. The van der Waals surface area contributed by atoms with E-state index in [1.807, 2.05) is 38.2 Å². The number of Topliss-reactive ketones (excluding diaryl/α,β-unsaturated/α-hetero) is 1. The lowest BCUT2D eigenvalue weighted by Gasteiger charge is -2.72. The lowest BCUT2D eigenvalue weighted by molar-refractivity contribution is -0.236. The number of imidazole rings is 1. The maximum atomic E-state index is 15.5. The summed E-state index contributed by atoms with van der Waals surface area (Å²) in [5.74, 6) is 0.243. The van der Waals surface area contributed by atoms with Gasteiger partial charge in [0.2, 0.25) is 5.91 Å². The second-order valence-electron chi connectivity index (χ2n) is 22.8. The van der Waals surface area contributed by atoms with Gasteiger partial charge in [0, 0.05) is 18.4 Å². The second kappa shape index (κ2) is 13.9. The highest BCUT2D eigenvalue weighted by atomic mass is 16.5. The van der Waals surface area contributed by atoms with E-state index in [0.717, 1.165) is 80.4 Å². The molecule has 2 heterocycles. The highest BCUT2D eigenvalue weighted by Crippen LogP contribution is 2.77. The molecule has 9 rings (SSSR count). The number of fused-ring (bicyclic) bond motifs is 7. The Morgan fingerprint density at radius 2 is 1.58 bits per heavy atom. The molecule has 60 heavy (non-hydrogen) atoms. The van der Waals surface area contributed by atoms with Gasteiger partial charge in [-0.3, -0.25) is 19.2 Å². The Labute approximate surface area is 357 Å². The minimum atomic E-state index is -0.832. The molecule has 1 aromatic carbocycles. The van der Waals surface area contributed by atoms with Crippen molar-refractivity contribution in [2.45, 2.75) is 152 Å². The summed E-state index contributed by atoms with van der Waals surface area (Å²) in [5.41, 5.74) is 2.50. The van der Waals surface area contributed by atoms with Crippen LogP contribution in [0.2, 0.25) is 0 Å². The van der Waals surface area contributed by atoms with Gasteiger partial charge in [0.15, 0.2) is 5.78 Å². The Balaban J connectivity index is 0.991. The molecular weight excluding hydrogens is 751 g/mol. The molecule has 0 bridgehead atoms. The molecule has 7 aliphatic rings. The van der Waals surface area contributed by atoms with Gasteiger partial charge in [0.1, 0.15) is 11.9 Å². The first kappa shape index (κ1) is 41.6. The SMILES string of the molecule is CC(C)C1=C2[C@H]3CC[C@@H]4[C@@]5(C)CC[C@H](OC(=O)[C@H]6C[C@@H](C(=O)O)C6(C)C)C(C)(C)[C@@H]5CC[C@@]4(C)[C@]3(C)CC[C@@]2(C(=O)N2CCC[C@H]2c2ncc(-c3ccccc3)[nH]2)CC1=O. The number of aromatic nitrogens is 2. The van der Waals surface area contributed by atoms with Crippen molar-refractivity contribution < 1.29 is 29.0 Å². The highest BCUT2D eigenvalue weighted by Gasteiger charge is 2.71. The summed E-state index contributed by atoms with van der Waals surface area (Å²) in [4.78, 5) is 66.0. The number of amides is 1. The van der Waals surface area contributed by atoms with Crippen LogP contribution in [0.15, 0.2) is 47.7 Å². The number of hydrogen-bond donors (Lipinski definition) is 2. The van der Waals surface area contributed by atoms with Crippen LogP contribution in [0.25, 0.3) is 11.3 Å².